The number of benzene rings is 3. The molecule has 3 aromatic carbocycles. The molecule has 0 aliphatic carbocycles. The zero-order chi connectivity index (χ0) is 22.8. The van der Waals surface area contributed by atoms with Crippen LogP contribution in [-0.2, 0) is 6.61 Å². The van der Waals surface area contributed by atoms with Crippen LogP contribution >= 0.6 is 0 Å². The number of hydrogen-bond donors (Lipinski definition) is 0. The molecule has 3 rings (SSSR count). The van der Waals surface area contributed by atoms with Gasteiger partial charge >= 0.3 is 0 Å². The summed E-state index contributed by atoms with van der Waals surface area (Å²) >= 11 is 0. The first kappa shape index (κ1) is 23.8. The fraction of sp³-hybridized carbons (Fsp3) is 0.414. The maximum absolute atomic E-state index is 12.3. The highest BCUT2D eigenvalue weighted by molar-refractivity contribution is 5.96. The van der Waals surface area contributed by atoms with Crippen LogP contribution in [0.15, 0.2) is 60.7 Å². The highest BCUT2D eigenvalue weighted by Crippen LogP contribution is 2.26. The molecule has 0 fully saturated rings. The molecule has 0 bridgehead atoms. The highest BCUT2D eigenvalue weighted by Gasteiger charge is 2.10. The second kappa shape index (κ2) is 12.3. The van der Waals surface area contributed by atoms with Crippen LogP contribution in [0.3, 0.4) is 0 Å². The zero-order valence-electron chi connectivity index (χ0n) is 19.7. The van der Waals surface area contributed by atoms with E-state index < -0.39 is 0 Å². The number of unbranched alkanes of at least 4 members (excludes halogenated alkanes) is 3. The molecule has 0 amide bonds. The van der Waals surface area contributed by atoms with Gasteiger partial charge in [-0.25, -0.2) is 0 Å². The second-order valence-corrected chi connectivity index (χ2v) is 8.71. The third-order valence-corrected chi connectivity index (χ3v) is 5.96. The van der Waals surface area contributed by atoms with Crippen molar-refractivity contribution >= 4 is 16.6 Å². The quantitative estimate of drug-likeness (QED) is 0.203. The SMILES string of the molecule is CCCCCCOc1ccc2cc(OCc3ccc(C(=O)C[C@H](C)CC)cc3)ccc2c1. The minimum absolute atomic E-state index is 0.214. The maximum atomic E-state index is 12.3. The van der Waals surface area contributed by atoms with E-state index in [9.17, 15) is 4.79 Å². The lowest BCUT2D eigenvalue weighted by atomic mass is 9.97. The molecule has 0 heterocycles. The van der Waals surface area contributed by atoms with Gasteiger partial charge in [-0.05, 0) is 52.9 Å². The molecule has 0 N–H and O–H groups in total. The van der Waals surface area contributed by atoms with Crippen molar-refractivity contribution in [3.05, 3.63) is 71.8 Å². The summed E-state index contributed by atoms with van der Waals surface area (Å²) in [5.74, 6) is 2.39. The van der Waals surface area contributed by atoms with Gasteiger partial charge in [0.2, 0.25) is 0 Å². The van der Waals surface area contributed by atoms with Crippen LogP contribution in [-0.4, -0.2) is 12.4 Å². The maximum Gasteiger partial charge on any atom is 0.163 e. The van der Waals surface area contributed by atoms with Gasteiger partial charge in [0.05, 0.1) is 6.61 Å². The Hall–Kier alpha value is -2.81. The smallest absolute Gasteiger partial charge is 0.163 e. The lowest BCUT2D eigenvalue weighted by molar-refractivity contribution is 0.0963. The molecule has 3 nitrogen and oxygen atoms in total. The fourth-order valence-corrected chi connectivity index (χ4v) is 3.63. The molecule has 0 aliphatic rings. The largest absolute Gasteiger partial charge is 0.494 e. The molecular weight excluding hydrogens is 396 g/mol. The van der Waals surface area contributed by atoms with E-state index in [0.717, 1.165) is 52.8 Å². The van der Waals surface area contributed by atoms with E-state index in [1.54, 1.807) is 0 Å². The van der Waals surface area contributed by atoms with E-state index >= 15 is 0 Å². The number of fused-ring (bicyclic) bond motifs is 1. The lowest BCUT2D eigenvalue weighted by Crippen LogP contribution is -2.05. The third-order valence-electron chi connectivity index (χ3n) is 5.96. The normalized spacial score (nSPS) is 12.0. The molecule has 3 aromatic rings. The summed E-state index contributed by atoms with van der Waals surface area (Å²) in [6.45, 7) is 7.70. The van der Waals surface area contributed by atoms with E-state index in [2.05, 4.69) is 45.0 Å². The monoisotopic (exact) mass is 432 g/mol. The minimum Gasteiger partial charge on any atom is -0.494 e. The predicted molar refractivity (Wildman–Crippen MR) is 133 cm³/mol. The van der Waals surface area contributed by atoms with Crippen molar-refractivity contribution < 1.29 is 14.3 Å². The van der Waals surface area contributed by atoms with Gasteiger partial charge in [0.25, 0.3) is 0 Å². The van der Waals surface area contributed by atoms with Gasteiger partial charge in [0.15, 0.2) is 5.78 Å². The van der Waals surface area contributed by atoms with E-state index in [-0.39, 0.29) is 5.78 Å². The van der Waals surface area contributed by atoms with Crippen molar-refractivity contribution in [2.45, 2.75) is 65.9 Å². The number of carbonyl (C=O) groups excluding carboxylic acids is 1. The van der Waals surface area contributed by atoms with E-state index in [4.69, 9.17) is 9.47 Å². The molecule has 0 radical (unpaired) electrons. The topological polar surface area (TPSA) is 35.5 Å². The van der Waals surface area contributed by atoms with Crippen LogP contribution in [0.1, 0.15) is 75.2 Å². The number of ether oxygens (including phenoxy) is 2. The van der Waals surface area contributed by atoms with Crippen molar-refractivity contribution in [2.24, 2.45) is 5.92 Å². The Bertz CT molecular complexity index is 991. The molecule has 0 spiro atoms. The van der Waals surface area contributed by atoms with E-state index in [1.807, 2.05) is 36.4 Å². The van der Waals surface area contributed by atoms with Gasteiger partial charge in [0.1, 0.15) is 18.1 Å². The molecule has 3 heteroatoms. The average molecular weight is 433 g/mol. The Kier molecular flexibility index (Phi) is 9.15. The van der Waals surface area contributed by atoms with Crippen molar-refractivity contribution in [3.63, 3.8) is 0 Å². The second-order valence-electron chi connectivity index (χ2n) is 8.71. The molecule has 32 heavy (non-hydrogen) atoms. The lowest BCUT2D eigenvalue weighted by Gasteiger charge is -2.10. The summed E-state index contributed by atoms with van der Waals surface area (Å²) in [5.41, 5.74) is 1.83. The first-order chi connectivity index (χ1) is 15.6. The predicted octanol–water partition coefficient (Wildman–Crippen LogP) is 8.00. The van der Waals surface area contributed by atoms with Gasteiger partial charge in [-0.1, -0.05) is 82.9 Å². The van der Waals surface area contributed by atoms with Crippen molar-refractivity contribution in [1.29, 1.82) is 0 Å². The summed E-state index contributed by atoms with van der Waals surface area (Å²) < 4.78 is 11.9. The Morgan fingerprint density at radius 2 is 1.47 bits per heavy atom. The number of rotatable bonds is 13. The number of hydrogen-bond acceptors (Lipinski definition) is 3. The molecule has 0 saturated heterocycles. The molecule has 1 atom stereocenters. The zero-order valence-corrected chi connectivity index (χ0v) is 19.7. The molecule has 0 saturated carbocycles. The summed E-state index contributed by atoms with van der Waals surface area (Å²) in [5, 5.41) is 2.28. The molecular formula is C29H36O3. The average Bonchev–Trinajstić information content (AvgIpc) is 2.82. The first-order valence-corrected chi connectivity index (χ1v) is 12.0. The summed E-state index contributed by atoms with van der Waals surface area (Å²) in [6.07, 6.45) is 6.47. The third kappa shape index (κ3) is 7.12. The summed E-state index contributed by atoms with van der Waals surface area (Å²) in [4.78, 5) is 12.3. The van der Waals surface area contributed by atoms with Crippen molar-refractivity contribution in [1.82, 2.24) is 0 Å². The molecule has 0 aliphatic heterocycles. The molecule has 0 unspecified atom stereocenters. The highest BCUT2D eigenvalue weighted by atomic mass is 16.5. The van der Waals surface area contributed by atoms with Crippen LogP contribution in [0.4, 0.5) is 0 Å². The Morgan fingerprint density at radius 1 is 0.812 bits per heavy atom. The van der Waals surface area contributed by atoms with Gasteiger partial charge in [-0.15, -0.1) is 0 Å². The van der Waals surface area contributed by atoms with Crippen LogP contribution in [0, 0.1) is 5.92 Å². The van der Waals surface area contributed by atoms with E-state index in [0.29, 0.717) is 18.9 Å². The first-order valence-electron chi connectivity index (χ1n) is 12.0. The Labute approximate surface area is 192 Å². The van der Waals surface area contributed by atoms with Gasteiger partial charge in [0, 0.05) is 12.0 Å². The van der Waals surface area contributed by atoms with Crippen molar-refractivity contribution in [3.8, 4) is 11.5 Å². The van der Waals surface area contributed by atoms with Gasteiger partial charge < -0.3 is 9.47 Å². The van der Waals surface area contributed by atoms with Gasteiger partial charge in [-0.3, -0.25) is 4.79 Å². The summed E-state index contributed by atoms with van der Waals surface area (Å²) in [6, 6.07) is 20.1. The fourth-order valence-electron chi connectivity index (χ4n) is 3.63. The Morgan fingerprint density at radius 3 is 2.09 bits per heavy atom. The van der Waals surface area contributed by atoms with Crippen LogP contribution in [0.25, 0.3) is 10.8 Å². The van der Waals surface area contributed by atoms with E-state index in [1.165, 1.54) is 19.3 Å². The van der Waals surface area contributed by atoms with Crippen LogP contribution in [0.2, 0.25) is 0 Å². The minimum atomic E-state index is 0.214. The Balaban J connectivity index is 1.53. The van der Waals surface area contributed by atoms with Crippen LogP contribution in [0.5, 0.6) is 11.5 Å². The number of Topliss-reactive ketones (excluding diaryl/α,β-unsaturated/α-hetero) is 1. The number of ketones is 1. The van der Waals surface area contributed by atoms with Crippen LogP contribution < -0.4 is 9.47 Å². The van der Waals surface area contributed by atoms with Gasteiger partial charge in [-0.2, -0.15) is 0 Å². The van der Waals surface area contributed by atoms with Crippen molar-refractivity contribution in [2.75, 3.05) is 6.61 Å². The molecule has 0 aromatic heterocycles. The summed E-state index contributed by atoms with van der Waals surface area (Å²) in [7, 11) is 0. The number of carbonyl (C=O) groups is 1. The molecule has 170 valence electrons. The standard InChI is InChI=1S/C29H36O3/c1-4-6-7-8-17-31-27-15-13-26-20-28(16-14-25(26)19-27)32-21-23-9-11-24(12-10-23)29(30)18-22(3)5-2/h9-16,19-20,22H,4-8,17-18,21H2,1-3H3/t22-/m1/s1.